The number of hydrogen-bond acceptors (Lipinski definition) is 2. The fourth-order valence-corrected chi connectivity index (χ4v) is 2.79. The van der Waals surface area contributed by atoms with Gasteiger partial charge in [-0.25, -0.2) is 0 Å². The van der Waals surface area contributed by atoms with E-state index >= 15 is 0 Å². The molecule has 0 atom stereocenters. The molecule has 0 aliphatic heterocycles. The van der Waals surface area contributed by atoms with Gasteiger partial charge >= 0.3 is 0 Å². The summed E-state index contributed by atoms with van der Waals surface area (Å²) in [6, 6.07) is 21.0. The van der Waals surface area contributed by atoms with Gasteiger partial charge in [0.25, 0.3) is 0 Å². The standard InChI is InChI=1S/C20H16Cl3NO/c21-16-6-8-17(9-7-16)24-12-15-3-1-2-4-20(15)25-13-14-5-10-18(22)19(23)11-14/h1-11,24H,12-13H2. The van der Waals surface area contributed by atoms with Crippen LogP contribution in [0.3, 0.4) is 0 Å². The molecule has 25 heavy (non-hydrogen) atoms. The maximum absolute atomic E-state index is 6.05. The van der Waals surface area contributed by atoms with E-state index in [0.717, 1.165) is 27.6 Å². The third kappa shape index (κ3) is 5.05. The number of rotatable bonds is 6. The van der Waals surface area contributed by atoms with E-state index in [9.17, 15) is 0 Å². The first kappa shape index (κ1) is 17.9. The Morgan fingerprint density at radius 3 is 2.32 bits per heavy atom. The summed E-state index contributed by atoms with van der Waals surface area (Å²) >= 11 is 17.9. The van der Waals surface area contributed by atoms with E-state index in [0.29, 0.717) is 23.2 Å². The highest BCUT2D eigenvalue weighted by molar-refractivity contribution is 6.42. The molecule has 0 spiro atoms. The number of para-hydroxylation sites is 1. The molecule has 1 N–H and O–H groups in total. The van der Waals surface area contributed by atoms with Crippen LogP contribution >= 0.6 is 34.8 Å². The number of nitrogens with one attached hydrogen (secondary N) is 1. The molecule has 0 aliphatic carbocycles. The average Bonchev–Trinajstić information content (AvgIpc) is 2.63. The molecule has 0 radical (unpaired) electrons. The maximum Gasteiger partial charge on any atom is 0.124 e. The number of anilines is 1. The van der Waals surface area contributed by atoms with E-state index < -0.39 is 0 Å². The Balaban J connectivity index is 1.65. The van der Waals surface area contributed by atoms with E-state index in [1.807, 2.05) is 60.7 Å². The fraction of sp³-hybridized carbons (Fsp3) is 0.100. The van der Waals surface area contributed by atoms with Crippen LogP contribution in [0.4, 0.5) is 5.69 Å². The van der Waals surface area contributed by atoms with Crippen molar-refractivity contribution in [3.05, 3.63) is 92.9 Å². The number of halogens is 3. The molecule has 0 amide bonds. The van der Waals surface area contributed by atoms with Gasteiger partial charge in [0.1, 0.15) is 12.4 Å². The van der Waals surface area contributed by atoms with Crippen molar-refractivity contribution in [2.24, 2.45) is 0 Å². The largest absolute Gasteiger partial charge is 0.489 e. The van der Waals surface area contributed by atoms with Crippen molar-refractivity contribution in [2.45, 2.75) is 13.2 Å². The molecule has 128 valence electrons. The lowest BCUT2D eigenvalue weighted by Gasteiger charge is -2.13. The SMILES string of the molecule is Clc1ccc(NCc2ccccc2OCc2ccc(Cl)c(Cl)c2)cc1. The van der Waals surface area contributed by atoms with Crippen molar-refractivity contribution >= 4 is 40.5 Å². The highest BCUT2D eigenvalue weighted by Gasteiger charge is 2.05. The lowest BCUT2D eigenvalue weighted by Crippen LogP contribution is -2.03. The van der Waals surface area contributed by atoms with Gasteiger partial charge in [0, 0.05) is 22.8 Å². The number of ether oxygens (including phenoxy) is 1. The monoisotopic (exact) mass is 391 g/mol. The van der Waals surface area contributed by atoms with Crippen LogP contribution in [0.2, 0.25) is 15.1 Å². The van der Waals surface area contributed by atoms with Crippen molar-refractivity contribution < 1.29 is 4.74 Å². The summed E-state index contributed by atoms with van der Waals surface area (Å²) in [5.41, 5.74) is 3.04. The molecule has 0 saturated heterocycles. The predicted molar refractivity (Wildman–Crippen MR) is 106 cm³/mol. The van der Waals surface area contributed by atoms with Crippen LogP contribution in [0.5, 0.6) is 5.75 Å². The smallest absolute Gasteiger partial charge is 0.124 e. The number of benzene rings is 3. The minimum atomic E-state index is 0.425. The van der Waals surface area contributed by atoms with Gasteiger partial charge in [-0.2, -0.15) is 0 Å². The summed E-state index contributed by atoms with van der Waals surface area (Å²) in [6.45, 7) is 1.08. The highest BCUT2D eigenvalue weighted by atomic mass is 35.5. The van der Waals surface area contributed by atoms with Crippen LogP contribution in [0.1, 0.15) is 11.1 Å². The molecule has 0 aromatic heterocycles. The van der Waals surface area contributed by atoms with Crippen LogP contribution in [-0.2, 0) is 13.2 Å². The molecular weight excluding hydrogens is 377 g/mol. The Hall–Kier alpha value is -1.87. The van der Waals surface area contributed by atoms with Gasteiger partial charge in [-0.15, -0.1) is 0 Å². The Morgan fingerprint density at radius 1 is 0.800 bits per heavy atom. The second kappa shape index (κ2) is 8.48. The van der Waals surface area contributed by atoms with Gasteiger partial charge in [0.05, 0.1) is 10.0 Å². The first-order chi connectivity index (χ1) is 12.1. The Labute approximate surface area is 162 Å². The molecule has 0 aliphatic rings. The molecule has 5 heteroatoms. The number of hydrogen-bond donors (Lipinski definition) is 1. The average molecular weight is 393 g/mol. The molecule has 3 aromatic carbocycles. The predicted octanol–water partition coefficient (Wildman–Crippen LogP) is 6.84. The third-order valence-electron chi connectivity index (χ3n) is 3.68. The van der Waals surface area contributed by atoms with E-state index in [4.69, 9.17) is 39.5 Å². The molecule has 2 nitrogen and oxygen atoms in total. The minimum Gasteiger partial charge on any atom is -0.489 e. The zero-order valence-electron chi connectivity index (χ0n) is 13.3. The van der Waals surface area contributed by atoms with E-state index in [1.54, 1.807) is 6.07 Å². The second-order valence-corrected chi connectivity index (χ2v) is 6.76. The van der Waals surface area contributed by atoms with Crippen molar-refractivity contribution in [3.8, 4) is 5.75 Å². The first-order valence-electron chi connectivity index (χ1n) is 7.76. The maximum atomic E-state index is 6.05. The Bertz CT molecular complexity index is 850. The fourth-order valence-electron chi connectivity index (χ4n) is 2.35. The van der Waals surface area contributed by atoms with Gasteiger partial charge in [0.2, 0.25) is 0 Å². The summed E-state index contributed by atoms with van der Waals surface area (Å²) in [6.07, 6.45) is 0. The molecule has 0 saturated carbocycles. The van der Waals surface area contributed by atoms with Crippen LogP contribution < -0.4 is 10.1 Å². The van der Waals surface area contributed by atoms with Crippen LogP contribution in [-0.4, -0.2) is 0 Å². The normalized spacial score (nSPS) is 10.5. The summed E-state index contributed by atoms with van der Waals surface area (Å²) in [7, 11) is 0. The lowest BCUT2D eigenvalue weighted by molar-refractivity contribution is 0.303. The zero-order chi connectivity index (χ0) is 17.6. The molecule has 0 fully saturated rings. The third-order valence-corrected chi connectivity index (χ3v) is 4.67. The Kier molecular flexibility index (Phi) is 6.09. The van der Waals surface area contributed by atoms with Crippen LogP contribution in [0.15, 0.2) is 66.7 Å². The summed E-state index contributed by atoms with van der Waals surface area (Å²) in [5.74, 6) is 0.829. The molecular formula is C20H16Cl3NO. The van der Waals surface area contributed by atoms with Gasteiger partial charge in [-0.3, -0.25) is 0 Å². The van der Waals surface area contributed by atoms with Gasteiger partial charge in [-0.05, 0) is 48.0 Å². The Morgan fingerprint density at radius 2 is 1.56 bits per heavy atom. The topological polar surface area (TPSA) is 21.3 Å². The lowest BCUT2D eigenvalue weighted by atomic mass is 10.2. The molecule has 3 rings (SSSR count). The molecule has 0 unspecified atom stereocenters. The highest BCUT2D eigenvalue weighted by Crippen LogP contribution is 2.25. The van der Waals surface area contributed by atoms with Gasteiger partial charge in [-0.1, -0.05) is 59.1 Å². The van der Waals surface area contributed by atoms with Crippen molar-refractivity contribution in [1.29, 1.82) is 0 Å². The van der Waals surface area contributed by atoms with E-state index in [2.05, 4.69) is 5.32 Å². The van der Waals surface area contributed by atoms with Crippen molar-refractivity contribution in [2.75, 3.05) is 5.32 Å². The van der Waals surface area contributed by atoms with Crippen LogP contribution in [0, 0.1) is 0 Å². The molecule has 0 heterocycles. The summed E-state index contributed by atoms with van der Waals surface area (Å²) in [5, 5.41) is 5.15. The first-order valence-corrected chi connectivity index (χ1v) is 8.89. The van der Waals surface area contributed by atoms with Crippen molar-refractivity contribution in [3.63, 3.8) is 0 Å². The summed E-state index contributed by atoms with van der Waals surface area (Å²) in [4.78, 5) is 0. The zero-order valence-corrected chi connectivity index (χ0v) is 15.6. The van der Waals surface area contributed by atoms with Gasteiger partial charge in [0.15, 0.2) is 0 Å². The molecule has 3 aromatic rings. The second-order valence-electron chi connectivity index (χ2n) is 5.51. The van der Waals surface area contributed by atoms with Crippen LogP contribution in [0.25, 0.3) is 0 Å². The quantitative estimate of drug-likeness (QED) is 0.496. The van der Waals surface area contributed by atoms with E-state index in [-0.39, 0.29) is 0 Å². The van der Waals surface area contributed by atoms with Crippen molar-refractivity contribution in [1.82, 2.24) is 0 Å². The molecule has 0 bridgehead atoms. The summed E-state index contributed by atoms with van der Waals surface area (Å²) < 4.78 is 5.96. The van der Waals surface area contributed by atoms with Gasteiger partial charge < -0.3 is 10.1 Å². The minimum absolute atomic E-state index is 0.425. The van der Waals surface area contributed by atoms with E-state index in [1.165, 1.54) is 0 Å².